The van der Waals surface area contributed by atoms with Crippen molar-refractivity contribution < 1.29 is 57.5 Å². The molecule has 1 aromatic carbocycles. The van der Waals surface area contributed by atoms with Gasteiger partial charge in [-0.1, -0.05) is 49.7 Å². The van der Waals surface area contributed by atoms with Crippen LogP contribution in [0.5, 0.6) is 5.88 Å². The van der Waals surface area contributed by atoms with E-state index in [9.17, 15) is 24.0 Å². The summed E-state index contributed by atoms with van der Waals surface area (Å²) in [6.07, 6.45) is -3.58. The maximum Gasteiger partial charge on any atom is 0.307 e. The van der Waals surface area contributed by atoms with E-state index in [4.69, 9.17) is 45.1 Å². The highest BCUT2D eigenvalue weighted by atomic mass is 35.5. The van der Waals surface area contributed by atoms with Crippen LogP contribution in [0.1, 0.15) is 76.3 Å². The van der Waals surface area contributed by atoms with Crippen molar-refractivity contribution in [3.63, 3.8) is 0 Å². The predicted octanol–water partition coefficient (Wildman–Crippen LogP) is 3.73. The van der Waals surface area contributed by atoms with Gasteiger partial charge in [0, 0.05) is 50.4 Å². The quantitative estimate of drug-likeness (QED) is 0.233. The summed E-state index contributed by atoms with van der Waals surface area (Å²) >= 11 is 6.61. The fraction of sp³-hybridized carbons (Fsp3) is 0.484. The zero-order valence-electron chi connectivity index (χ0n) is 26.2. The molecule has 46 heavy (non-hydrogen) atoms. The van der Waals surface area contributed by atoms with Crippen molar-refractivity contribution in [2.24, 2.45) is 0 Å². The number of hydrogen-bond donors (Lipinski definition) is 2. The second-order valence-corrected chi connectivity index (χ2v) is 11.2. The molecule has 15 heteroatoms. The van der Waals surface area contributed by atoms with Crippen molar-refractivity contribution in [3.8, 4) is 5.88 Å². The number of halogens is 1. The van der Waals surface area contributed by atoms with E-state index in [1.165, 1.54) is 13.0 Å². The number of nitrogens with one attached hydrogen (secondary N) is 1. The van der Waals surface area contributed by atoms with Gasteiger partial charge in [-0.3, -0.25) is 29.1 Å². The lowest BCUT2D eigenvalue weighted by molar-refractivity contribution is -0.289. The topological polar surface area (TPSA) is 190 Å². The van der Waals surface area contributed by atoms with E-state index in [0.717, 1.165) is 20.8 Å². The molecule has 14 nitrogen and oxygen atoms in total. The highest BCUT2D eigenvalue weighted by Gasteiger charge is 2.53. The van der Waals surface area contributed by atoms with Crippen LogP contribution < -0.4 is 4.74 Å². The molecule has 0 saturated carbocycles. The van der Waals surface area contributed by atoms with Crippen molar-refractivity contribution in [3.05, 3.63) is 51.7 Å². The third kappa shape index (κ3) is 10.0. The van der Waals surface area contributed by atoms with E-state index >= 15 is 0 Å². The van der Waals surface area contributed by atoms with Crippen LogP contribution in [0.15, 0.2) is 24.3 Å². The summed E-state index contributed by atoms with van der Waals surface area (Å²) in [5.41, 5.74) is 2.72. The first-order chi connectivity index (χ1) is 21.7. The number of rotatable bonds is 13. The number of H-pyrrole nitrogens is 1. The molecule has 0 bridgehead atoms. The normalized spacial score (nSPS) is 21.1. The molecule has 5 atom stereocenters. The first-order valence-electron chi connectivity index (χ1n) is 14.4. The number of carboxylic acids is 1. The van der Waals surface area contributed by atoms with Gasteiger partial charge in [-0.05, 0) is 23.1 Å². The molecule has 1 fully saturated rings. The average molecular weight is 665 g/mol. The maximum absolute atomic E-state index is 12.2. The largest absolute Gasteiger partial charge is 0.481 e. The summed E-state index contributed by atoms with van der Waals surface area (Å²) in [7, 11) is 0. The second-order valence-electron chi connectivity index (χ2n) is 10.8. The molecule has 0 amide bonds. The molecule has 1 aliphatic heterocycles. The number of carbonyl (C=O) groups excluding carboxylic acids is 4. The van der Waals surface area contributed by atoms with Crippen molar-refractivity contribution in [2.75, 3.05) is 6.61 Å². The molecule has 1 saturated heterocycles. The van der Waals surface area contributed by atoms with Gasteiger partial charge in [-0.15, -0.1) is 5.10 Å². The number of ether oxygens (including phenoxy) is 6. The van der Waals surface area contributed by atoms with E-state index < -0.39 is 67.2 Å². The molecular formula is C31H37ClN2O12. The minimum Gasteiger partial charge on any atom is -0.481 e. The number of aromatic amines is 1. The number of carboxylic acid groups (broad SMARTS) is 1. The highest BCUT2D eigenvalue weighted by molar-refractivity contribution is 6.31. The van der Waals surface area contributed by atoms with Gasteiger partial charge in [-0.2, -0.15) is 0 Å². The van der Waals surface area contributed by atoms with Crippen LogP contribution in [-0.2, 0) is 54.1 Å². The van der Waals surface area contributed by atoms with Gasteiger partial charge in [0.2, 0.25) is 18.3 Å². The molecule has 0 unspecified atom stereocenters. The number of nitrogens with zero attached hydrogens (tertiary/aromatic N) is 1. The summed E-state index contributed by atoms with van der Waals surface area (Å²) in [6, 6.07) is 5.27. The van der Waals surface area contributed by atoms with E-state index in [0.29, 0.717) is 27.4 Å². The Hall–Kier alpha value is -4.43. The van der Waals surface area contributed by atoms with Crippen LogP contribution in [0, 0.1) is 0 Å². The van der Waals surface area contributed by atoms with Crippen LogP contribution in [0.4, 0.5) is 0 Å². The third-order valence-corrected chi connectivity index (χ3v) is 7.01. The van der Waals surface area contributed by atoms with Gasteiger partial charge in [0.1, 0.15) is 12.7 Å². The van der Waals surface area contributed by atoms with Gasteiger partial charge < -0.3 is 33.5 Å². The summed E-state index contributed by atoms with van der Waals surface area (Å²) in [5, 5.41) is 16.6. The van der Waals surface area contributed by atoms with E-state index in [1.807, 2.05) is 13.8 Å². The Morgan fingerprint density at radius 2 is 1.61 bits per heavy atom. The minimum absolute atomic E-state index is 0.0488. The number of hydrogen-bond acceptors (Lipinski definition) is 12. The molecule has 1 aromatic heterocycles. The van der Waals surface area contributed by atoms with E-state index in [-0.39, 0.29) is 24.6 Å². The highest BCUT2D eigenvalue weighted by Crippen LogP contribution is 2.35. The molecule has 3 rings (SSSR count). The summed E-state index contributed by atoms with van der Waals surface area (Å²) in [5.74, 6) is -3.89. The summed E-state index contributed by atoms with van der Waals surface area (Å²) in [6.45, 7) is 8.03. The molecule has 0 spiro atoms. The molecule has 250 valence electrons. The summed E-state index contributed by atoms with van der Waals surface area (Å²) < 4.78 is 33.8. The lowest BCUT2D eigenvalue weighted by atomic mass is 9.97. The third-order valence-electron chi connectivity index (χ3n) is 6.66. The Morgan fingerprint density at radius 1 is 0.978 bits per heavy atom. The average Bonchev–Trinajstić information content (AvgIpc) is 3.33. The Labute approximate surface area is 270 Å². The van der Waals surface area contributed by atoms with Gasteiger partial charge in [0.25, 0.3) is 0 Å². The summed E-state index contributed by atoms with van der Waals surface area (Å²) in [4.78, 5) is 58.9. The monoisotopic (exact) mass is 664 g/mol. The van der Waals surface area contributed by atoms with Gasteiger partial charge >= 0.3 is 29.8 Å². The molecule has 2 heterocycles. The van der Waals surface area contributed by atoms with Crippen LogP contribution in [0.2, 0.25) is 5.02 Å². The fourth-order valence-electron chi connectivity index (χ4n) is 4.80. The van der Waals surface area contributed by atoms with Gasteiger partial charge in [0.05, 0.1) is 6.42 Å². The van der Waals surface area contributed by atoms with E-state index in [1.54, 1.807) is 24.3 Å². The number of aliphatic carboxylic acids is 1. The Kier molecular flexibility index (Phi) is 12.7. The van der Waals surface area contributed by atoms with Crippen molar-refractivity contribution in [1.29, 1.82) is 0 Å². The standard InChI is InChI=1S/C31H37ClN2O12/c1-15(2)26-22(13-21-11-10-20(12-23(21)32)8-7-9-25(39)40)30(34-33-26)46-31-29(44-19(6)38)28(43-18(5)37)27(42-17(4)36)24(45-31)14-41-16(3)35/h7-8,10-12,15,24,27-29,31H,9,13-14H2,1-6H3,(H,33,34)(H,39,40)/t24-,27-,28+,29-,31+/m1/s1. The second kappa shape index (κ2) is 16.2. The van der Waals surface area contributed by atoms with Gasteiger partial charge in [0.15, 0.2) is 12.2 Å². The lowest BCUT2D eigenvalue weighted by Crippen LogP contribution is -2.63. The maximum atomic E-state index is 12.2. The zero-order valence-corrected chi connectivity index (χ0v) is 27.0. The first kappa shape index (κ1) is 36.0. The molecule has 2 aromatic rings. The Bertz CT molecular complexity index is 1470. The first-order valence-corrected chi connectivity index (χ1v) is 14.7. The number of benzene rings is 1. The number of aromatic nitrogens is 2. The Morgan fingerprint density at radius 3 is 2.17 bits per heavy atom. The van der Waals surface area contributed by atoms with Crippen molar-refractivity contribution in [2.45, 2.75) is 91.0 Å². The fourth-order valence-corrected chi connectivity index (χ4v) is 5.05. The van der Waals surface area contributed by atoms with Crippen LogP contribution in [-0.4, -0.2) is 82.5 Å². The number of carbonyl (C=O) groups is 5. The smallest absolute Gasteiger partial charge is 0.307 e. The molecule has 0 aliphatic carbocycles. The molecular weight excluding hydrogens is 628 g/mol. The molecule has 1 aliphatic rings. The van der Waals surface area contributed by atoms with Crippen molar-refractivity contribution >= 4 is 47.5 Å². The zero-order chi connectivity index (χ0) is 34.1. The SMILES string of the molecule is CC(=O)OC[C@H]1O[C@@H](Oc2n[nH]c(C(C)C)c2Cc2ccc(C=CCC(=O)O)cc2Cl)[C@H](OC(C)=O)[C@@H](OC(C)=O)[C@@H]1OC(C)=O. The predicted molar refractivity (Wildman–Crippen MR) is 161 cm³/mol. The molecule has 0 radical (unpaired) electrons. The number of esters is 4. The molecule has 2 N–H and O–H groups in total. The van der Waals surface area contributed by atoms with Crippen molar-refractivity contribution in [1.82, 2.24) is 10.2 Å². The van der Waals surface area contributed by atoms with Crippen LogP contribution in [0.3, 0.4) is 0 Å². The van der Waals surface area contributed by atoms with Crippen LogP contribution >= 0.6 is 11.6 Å². The van der Waals surface area contributed by atoms with Gasteiger partial charge in [-0.25, -0.2) is 0 Å². The Balaban J connectivity index is 2.02. The lowest BCUT2D eigenvalue weighted by Gasteiger charge is -2.43. The van der Waals surface area contributed by atoms with E-state index in [2.05, 4.69) is 10.2 Å². The minimum atomic E-state index is -1.47. The van der Waals surface area contributed by atoms with Crippen LogP contribution in [0.25, 0.3) is 6.08 Å².